The lowest BCUT2D eigenvalue weighted by atomic mass is 10.1. The molecule has 0 saturated heterocycles. The number of carbonyl (C=O) groups is 3. The predicted octanol–water partition coefficient (Wildman–Crippen LogP) is 13.3. The smallest absolute Gasteiger partial charge is 0.306 e. The largest absolute Gasteiger partial charge is 0.462 e. The lowest BCUT2D eigenvalue weighted by Crippen LogP contribution is -2.30. The maximum absolute atomic E-state index is 12.7. The zero-order valence-corrected chi connectivity index (χ0v) is 34.0. The number of unbranched alkanes of at least 4 members (excludes halogenated alkanes) is 14. The second-order valence-corrected chi connectivity index (χ2v) is 13.6. The summed E-state index contributed by atoms with van der Waals surface area (Å²) in [5.41, 5.74) is 0. The normalized spacial score (nSPS) is 12.9. The van der Waals surface area contributed by atoms with Crippen LogP contribution in [0.3, 0.4) is 0 Å². The van der Waals surface area contributed by atoms with E-state index in [-0.39, 0.29) is 31.1 Å². The van der Waals surface area contributed by atoms with Crippen LogP contribution in [0.15, 0.2) is 85.1 Å². The molecule has 0 bridgehead atoms. The van der Waals surface area contributed by atoms with Crippen molar-refractivity contribution in [2.24, 2.45) is 0 Å². The Labute approximate surface area is 325 Å². The molecule has 0 rings (SSSR count). The summed E-state index contributed by atoms with van der Waals surface area (Å²) in [5, 5.41) is 0. The summed E-state index contributed by atoms with van der Waals surface area (Å²) in [6.07, 6.45) is 51.5. The molecule has 0 aromatic heterocycles. The molecule has 0 aromatic carbocycles. The highest BCUT2D eigenvalue weighted by Gasteiger charge is 2.19. The van der Waals surface area contributed by atoms with Crippen molar-refractivity contribution in [2.45, 2.75) is 181 Å². The minimum Gasteiger partial charge on any atom is -0.462 e. The molecule has 6 nitrogen and oxygen atoms in total. The third-order valence-corrected chi connectivity index (χ3v) is 8.46. The molecule has 1 atom stereocenters. The summed E-state index contributed by atoms with van der Waals surface area (Å²) in [4.78, 5) is 37.5. The van der Waals surface area contributed by atoms with Crippen LogP contribution in [0.2, 0.25) is 0 Å². The first kappa shape index (κ1) is 49.6. The number of allylic oxidation sites excluding steroid dienone is 14. The van der Waals surface area contributed by atoms with Gasteiger partial charge < -0.3 is 14.2 Å². The van der Waals surface area contributed by atoms with Crippen LogP contribution in [0.5, 0.6) is 0 Å². The van der Waals surface area contributed by atoms with E-state index in [1.54, 1.807) is 0 Å². The first-order valence-corrected chi connectivity index (χ1v) is 21.1. The van der Waals surface area contributed by atoms with Gasteiger partial charge in [-0.15, -0.1) is 0 Å². The molecule has 300 valence electrons. The van der Waals surface area contributed by atoms with Gasteiger partial charge in [-0.25, -0.2) is 0 Å². The third kappa shape index (κ3) is 39.6. The molecule has 0 N–H and O–H groups in total. The van der Waals surface area contributed by atoms with E-state index in [4.69, 9.17) is 14.2 Å². The number of ether oxygens (including phenoxy) is 3. The molecule has 0 saturated carbocycles. The van der Waals surface area contributed by atoms with Crippen molar-refractivity contribution in [1.29, 1.82) is 0 Å². The van der Waals surface area contributed by atoms with Crippen molar-refractivity contribution >= 4 is 17.9 Å². The molecular weight excluding hydrogens is 661 g/mol. The summed E-state index contributed by atoms with van der Waals surface area (Å²) >= 11 is 0. The van der Waals surface area contributed by atoms with Crippen molar-refractivity contribution in [3.8, 4) is 0 Å². The Kier molecular flexibility index (Phi) is 38.7. The van der Waals surface area contributed by atoms with Crippen molar-refractivity contribution < 1.29 is 28.6 Å². The van der Waals surface area contributed by atoms with Crippen molar-refractivity contribution in [1.82, 2.24) is 0 Å². The molecule has 0 aliphatic heterocycles. The number of rotatable bonds is 36. The minimum atomic E-state index is -0.810. The van der Waals surface area contributed by atoms with Gasteiger partial charge in [0.1, 0.15) is 13.2 Å². The van der Waals surface area contributed by atoms with Crippen LogP contribution in [-0.4, -0.2) is 37.2 Å². The zero-order valence-electron chi connectivity index (χ0n) is 34.0. The molecule has 0 fully saturated rings. The van der Waals surface area contributed by atoms with Gasteiger partial charge in [0.15, 0.2) is 6.10 Å². The Bertz CT molecular complexity index is 1080. The summed E-state index contributed by atoms with van der Waals surface area (Å²) < 4.78 is 16.6. The van der Waals surface area contributed by atoms with E-state index in [1.807, 2.05) is 36.5 Å². The fraction of sp³-hybridized carbons (Fsp3) is 0.638. The minimum absolute atomic E-state index is 0.114. The molecule has 0 heterocycles. The second-order valence-electron chi connectivity index (χ2n) is 13.6. The van der Waals surface area contributed by atoms with Crippen LogP contribution < -0.4 is 0 Å². The van der Waals surface area contributed by atoms with E-state index >= 15 is 0 Å². The molecule has 6 heteroatoms. The van der Waals surface area contributed by atoms with Gasteiger partial charge in [-0.3, -0.25) is 14.4 Å². The predicted molar refractivity (Wildman–Crippen MR) is 224 cm³/mol. The number of hydrogen-bond donors (Lipinski definition) is 0. The van der Waals surface area contributed by atoms with Crippen LogP contribution in [0.25, 0.3) is 0 Å². The molecule has 0 amide bonds. The third-order valence-electron chi connectivity index (χ3n) is 8.46. The zero-order chi connectivity index (χ0) is 38.7. The quantitative estimate of drug-likeness (QED) is 0.0209. The van der Waals surface area contributed by atoms with Gasteiger partial charge in [0, 0.05) is 19.3 Å². The highest BCUT2D eigenvalue weighted by Crippen LogP contribution is 2.11. The standard InChI is InChI=1S/C47H76O6/c1-4-7-10-13-16-19-21-23-25-28-31-34-37-40-46(49)52-43-44(42-51-45(48)39-36-33-30-27-18-15-12-9-6-3)53-47(50)41-38-35-32-29-26-24-22-20-17-14-11-8-5-2/h7,9-10,12-13,16,18-19,21,23-27,44H,4-6,8,11,14-15,17,20,22,28-43H2,1-3H3/b10-7-,12-9-,16-13-,21-19-,25-23-,26-24-,27-18-. The highest BCUT2D eigenvalue weighted by molar-refractivity contribution is 5.71. The van der Waals surface area contributed by atoms with E-state index in [0.29, 0.717) is 19.3 Å². The average molecular weight is 737 g/mol. The van der Waals surface area contributed by atoms with Crippen molar-refractivity contribution in [3.63, 3.8) is 0 Å². The van der Waals surface area contributed by atoms with Gasteiger partial charge in [-0.05, 0) is 89.9 Å². The molecule has 0 aliphatic rings. The average Bonchev–Trinajstić information content (AvgIpc) is 3.15. The maximum atomic E-state index is 12.7. The van der Waals surface area contributed by atoms with E-state index in [2.05, 4.69) is 69.4 Å². The summed E-state index contributed by atoms with van der Waals surface area (Å²) in [5.74, 6) is -1.02. The number of carbonyl (C=O) groups excluding carboxylic acids is 3. The van der Waals surface area contributed by atoms with Gasteiger partial charge in [0.2, 0.25) is 0 Å². The summed E-state index contributed by atoms with van der Waals surface area (Å²) in [7, 11) is 0. The van der Waals surface area contributed by atoms with E-state index in [0.717, 1.165) is 96.3 Å². The lowest BCUT2D eigenvalue weighted by Gasteiger charge is -2.18. The molecule has 53 heavy (non-hydrogen) atoms. The number of esters is 3. The molecule has 0 spiro atoms. The maximum Gasteiger partial charge on any atom is 0.306 e. The highest BCUT2D eigenvalue weighted by atomic mass is 16.6. The van der Waals surface area contributed by atoms with Gasteiger partial charge >= 0.3 is 17.9 Å². The first-order chi connectivity index (χ1) is 26.0. The van der Waals surface area contributed by atoms with Crippen molar-refractivity contribution in [3.05, 3.63) is 85.1 Å². The van der Waals surface area contributed by atoms with Gasteiger partial charge in [-0.2, -0.15) is 0 Å². The molecule has 0 aliphatic carbocycles. The molecule has 0 aromatic rings. The molecule has 1 unspecified atom stereocenters. The van der Waals surface area contributed by atoms with Gasteiger partial charge in [0.25, 0.3) is 0 Å². The van der Waals surface area contributed by atoms with Crippen molar-refractivity contribution in [2.75, 3.05) is 13.2 Å². The first-order valence-electron chi connectivity index (χ1n) is 21.1. The Morgan fingerprint density at radius 1 is 0.415 bits per heavy atom. The fourth-order valence-corrected chi connectivity index (χ4v) is 5.31. The van der Waals surface area contributed by atoms with Crippen LogP contribution >= 0.6 is 0 Å². The SMILES string of the molecule is CC\C=C/C=C\C=C/C=C\CCCCCC(=O)OCC(COC(=O)CCCC/C=C\C/C=C\CC)OC(=O)CCCCC/C=C\CCCCCCCC. The second kappa shape index (κ2) is 41.3. The van der Waals surface area contributed by atoms with Crippen LogP contribution in [-0.2, 0) is 28.6 Å². The Balaban J connectivity index is 4.51. The molecular formula is C47H76O6. The fourth-order valence-electron chi connectivity index (χ4n) is 5.31. The van der Waals surface area contributed by atoms with Gasteiger partial charge in [-0.1, -0.05) is 151 Å². The van der Waals surface area contributed by atoms with E-state index < -0.39 is 6.10 Å². The Morgan fingerprint density at radius 2 is 0.830 bits per heavy atom. The van der Waals surface area contributed by atoms with E-state index in [9.17, 15) is 14.4 Å². The summed E-state index contributed by atoms with van der Waals surface area (Å²) in [6, 6.07) is 0. The lowest BCUT2D eigenvalue weighted by molar-refractivity contribution is -0.167. The van der Waals surface area contributed by atoms with Crippen LogP contribution in [0.4, 0.5) is 0 Å². The van der Waals surface area contributed by atoms with Crippen LogP contribution in [0.1, 0.15) is 175 Å². The van der Waals surface area contributed by atoms with E-state index in [1.165, 1.54) is 38.5 Å². The topological polar surface area (TPSA) is 78.9 Å². The molecule has 0 radical (unpaired) electrons. The Hall–Kier alpha value is -3.41. The number of hydrogen-bond acceptors (Lipinski definition) is 6. The monoisotopic (exact) mass is 737 g/mol. The Morgan fingerprint density at radius 3 is 1.42 bits per heavy atom. The van der Waals surface area contributed by atoms with Crippen LogP contribution in [0, 0.1) is 0 Å². The van der Waals surface area contributed by atoms with Gasteiger partial charge in [0.05, 0.1) is 0 Å². The summed E-state index contributed by atoms with van der Waals surface area (Å²) in [6.45, 7) is 6.25.